The van der Waals surface area contributed by atoms with E-state index in [0.717, 1.165) is 5.56 Å². The Morgan fingerprint density at radius 3 is 2.41 bits per heavy atom. The lowest BCUT2D eigenvalue weighted by molar-refractivity contribution is -0.201. The smallest absolute Gasteiger partial charge is 0.305 e. The van der Waals surface area contributed by atoms with E-state index in [2.05, 4.69) is 6.58 Å². The normalized spacial score (nSPS) is 39.9. The first-order valence-electron chi connectivity index (χ1n) is 13.3. The number of furan rings is 1. The molecule has 1 aliphatic heterocycles. The fraction of sp³-hybridized carbons (Fsp3) is 0.600. The Bertz CT molecular complexity index is 1240. The molecular weight excluding hydrogens is 504 g/mol. The van der Waals surface area contributed by atoms with Crippen molar-refractivity contribution < 1.29 is 42.5 Å². The SMILES string of the molecule is C=C1[C@@H]([C@@H]2C=CC(=O)C(C)(C)[C@@H]2CC(=O)OC)[C@H](OC(C)=O)[C@H](OC(C)=O)[C@]2(C)[C@H](c3ccoc3)C[C@H]3O[C@]132. The van der Waals surface area contributed by atoms with E-state index in [1.807, 2.05) is 13.0 Å². The molecule has 0 aromatic carbocycles. The molecule has 0 amide bonds. The molecule has 1 aromatic heterocycles. The molecule has 0 radical (unpaired) electrons. The summed E-state index contributed by atoms with van der Waals surface area (Å²) in [5.41, 5.74) is -0.951. The van der Waals surface area contributed by atoms with Crippen molar-refractivity contribution in [3.05, 3.63) is 48.5 Å². The van der Waals surface area contributed by atoms with Gasteiger partial charge in [0.15, 0.2) is 5.78 Å². The first-order chi connectivity index (χ1) is 18.3. The Kier molecular flexibility index (Phi) is 6.44. The molecule has 1 spiro atoms. The minimum Gasteiger partial charge on any atom is -0.472 e. The highest BCUT2D eigenvalue weighted by Crippen LogP contribution is 2.75. The topological polar surface area (TPSA) is 122 Å². The van der Waals surface area contributed by atoms with E-state index in [0.29, 0.717) is 12.0 Å². The molecule has 2 saturated carbocycles. The van der Waals surface area contributed by atoms with Gasteiger partial charge in [-0.1, -0.05) is 33.4 Å². The third-order valence-corrected chi connectivity index (χ3v) is 9.89. The van der Waals surface area contributed by atoms with E-state index in [4.69, 9.17) is 23.4 Å². The number of ketones is 1. The zero-order valence-corrected chi connectivity index (χ0v) is 23.2. The van der Waals surface area contributed by atoms with Crippen LogP contribution in [0.3, 0.4) is 0 Å². The quantitative estimate of drug-likeness (QED) is 0.229. The minimum absolute atomic E-state index is 0.0226. The van der Waals surface area contributed by atoms with Crippen molar-refractivity contribution in [2.75, 3.05) is 7.11 Å². The first-order valence-corrected chi connectivity index (χ1v) is 13.3. The Hall–Kier alpha value is -3.20. The summed E-state index contributed by atoms with van der Waals surface area (Å²) in [6.45, 7) is 12.8. The van der Waals surface area contributed by atoms with Crippen molar-refractivity contribution in [2.45, 2.75) is 77.3 Å². The van der Waals surface area contributed by atoms with Crippen LogP contribution in [-0.2, 0) is 38.1 Å². The lowest BCUT2D eigenvalue weighted by atomic mass is 9.51. The molecule has 210 valence electrons. The van der Waals surface area contributed by atoms with Crippen LogP contribution in [0.4, 0.5) is 0 Å². The molecule has 3 aliphatic carbocycles. The van der Waals surface area contributed by atoms with Gasteiger partial charge in [0.1, 0.15) is 17.8 Å². The maximum absolute atomic E-state index is 13.0. The second kappa shape index (κ2) is 9.18. The van der Waals surface area contributed by atoms with Gasteiger partial charge in [-0.2, -0.15) is 0 Å². The van der Waals surface area contributed by atoms with Gasteiger partial charge in [-0.05, 0) is 41.5 Å². The summed E-state index contributed by atoms with van der Waals surface area (Å²) >= 11 is 0. The number of hydrogen-bond acceptors (Lipinski definition) is 9. The number of carbonyl (C=O) groups excluding carboxylic acids is 4. The Labute approximate surface area is 227 Å². The molecule has 0 bridgehead atoms. The Morgan fingerprint density at radius 2 is 1.82 bits per heavy atom. The van der Waals surface area contributed by atoms with Crippen LogP contribution in [0, 0.1) is 28.6 Å². The van der Waals surface area contributed by atoms with Crippen molar-refractivity contribution in [1.29, 1.82) is 0 Å². The summed E-state index contributed by atoms with van der Waals surface area (Å²) in [6.07, 6.45) is 5.18. The van der Waals surface area contributed by atoms with Gasteiger partial charge in [0, 0.05) is 37.5 Å². The van der Waals surface area contributed by atoms with Crippen LogP contribution in [0.1, 0.15) is 58.9 Å². The zero-order chi connectivity index (χ0) is 28.5. The Balaban J connectivity index is 1.68. The average molecular weight is 541 g/mol. The minimum atomic E-state index is -0.939. The molecule has 9 heteroatoms. The highest BCUT2D eigenvalue weighted by atomic mass is 16.6. The van der Waals surface area contributed by atoms with Gasteiger partial charge < -0.3 is 23.4 Å². The number of rotatable bonds is 6. The first kappa shape index (κ1) is 27.4. The maximum Gasteiger partial charge on any atom is 0.305 e. The largest absolute Gasteiger partial charge is 0.472 e. The van der Waals surface area contributed by atoms with E-state index in [-0.39, 0.29) is 24.2 Å². The number of ether oxygens (including phenoxy) is 4. The predicted molar refractivity (Wildman–Crippen MR) is 137 cm³/mol. The molecule has 9 nitrogen and oxygen atoms in total. The average Bonchev–Trinajstić information content (AvgIpc) is 3.21. The molecule has 9 atom stereocenters. The van der Waals surface area contributed by atoms with Crippen molar-refractivity contribution in [3.63, 3.8) is 0 Å². The monoisotopic (exact) mass is 540 g/mol. The van der Waals surface area contributed by atoms with Crippen molar-refractivity contribution in [3.8, 4) is 0 Å². The second-order valence-corrected chi connectivity index (χ2v) is 12.0. The third-order valence-electron chi connectivity index (χ3n) is 9.89. The van der Waals surface area contributed by atoms with Crippen molar-refractivity contribution >= 4 is 23.7 Å². The fourth-order valence-corrected chi connectivity index (χ4v) is 7.95. The summed E-state index contributed by atoms with van der Waals surface area (Å²) in [6, 6.07) is 1.89. The molecule has 3 fully saturated rings. The summed E-state index contributed by atoms with van der Waals surface area (Å²) in [4.78, 5) is 50.7. The zero-order valence-electron chi connectivity index (χ0n) is 23.2. The molecule has 39 heavy (non-hydrogen) atoms. The van der Waals surface area contributed by atoms with E-state index in [9.17, 15) is 19.2 Å². The second-order valence-electron chi connectivity index (χ2n) is 12.0. The van der Waals surface area contributed by atoms with E-state index in [1.165, 1.54) is 27.0 Å². The number of allylic oxidation sites excluding steroid dienone is 2. The van der Waals surface area contributed by atoms with Crippen LogP contribution in [0.25, 0.3) is 0 Å². The van der Waals surface area contributed by atoms with Crippen molar-refractivity contribution in [2.24, 2.45) is 28.6 Å². The molecule has 0 N–H and O–H groups in total. The van der Waals surface area contributed by atoms with Crippen LogP contribution >= 0.6 is 0 Å². The Morgan fingerprint density at radius 1 is 1.13 bits per heavy atom. The van der Waals surface area contributed by atoms with Crippen LogP contribution in [-0.4, -0.2) is 54.7 Å². The van der Waals surface area contributed by atoms with Gasteiger partial charge in [-0.25, -0.2) is 0 Å². The van der Waals surface area contributed by atoms with Crippen LogP contribution in [0.5, 0.6) is 0 Å². The van der Waals surface area contributed by atoms with E-state index in [1.54, 1.807) is 32.4 Å². The molecule has 1 saturated heterocycles. The third kappa shape index (κ3) is 3.84. The molecular formula is C30H36O9. The predicted octanol–water partition coefficient (Wildman–Crippen LogP) is 3.92. The number of esters is 3. The van der Waals surface area contributed by atoms with Gasteiger partial charge in [0.05, 0.1) is 31.2 Å². The van der Waals surface area contributed by atoms with Gasteiger partial charge in [-0.15, -0.1) is 0 Å². The molecule has 1 aromatic rings. The summed E-state index contributed by atoms with van der Waals surface area (Å²) in [7, 11) is 1.31. The highest BCUT2D eigenvalue weighted by molar-refractivity contribution is 5.96. The van der Waals surface area contributed by atoms with Gasteiger partial charge >= 0.3 is 17.9 Å². The van der Waals surface area contributed by atoms with Crippen molar-refractivity contribution in [1.82, 2.24) is 0 Å². The summed E-state index contributed by atoms with van der Waals surface area (Å²) in [5.74, 6) is -3.30. The number of methoxy groups -OCH3 is 1. The lowest BCUT2D eigenvalue weighted by Crippen LogP contribution is -2.64. The standard InChI is InChI=1S/C30H36O9/c1-15-25(19-8-9-22(33)28(4,5)21(19)13-24(34)35-7)26(37-16(2)31)27(38-17(3)32)29(6)20(18-10-11-36-14-18)12-23-30(15,29)39-23/h8-11,14,19-21,23,25-27H,1,12-13H2,2-7H3/t19-,20+,21-,23-,25+,26+,27+,29+,30-/m1/s1. The van der Waals surface area contributed by atoms with Crippen LogP contribution < -0.4 is 0 Å². The molecule has 4 aliphatic rings. The molecule has 0 unspecified atom stereocenters. The summed E-state index contributed by atoms with van der Waals surface area (Å²) < 4.78 is 28.9. The highest BCUT2D eigenvalue weighted by Gasteiger charge is 2.83. The molecule has 2 heterocycles. The van der Waals surface area contributed by atoms with Gasteiger partial charge in [-0.3, -0.25) is 19.2 Å². The molecule has 5 rings (SSSR count). The fourth-order valence-electron chi connectivity index (χ4n) is 7.95. The lowest BCUT2D eigenvalue weighted by Gasteiger charge is -2.56. The van der Waals surface area contributed by atoms with Crippen LogP contribution in [0.2, 0.25) is 0 Å². The van der Waals surface area contributed by atoms with Gasteiger partial charge in [0.2, 0.25) is 0 Å². The number of hydrogen-bond donors (Lipinski definition) is 0. The maximum atomic E-state index is 13.0. The van der Waals surface area contributed by atoms with Crippen LogP contribution in [0.15, 0.2) is 47.3 Å². The van der Waals surface area contributed by atoms with Gasteiger partial charge in [0.25, 0.3) is 0 Å². The van der Waals surface area contributed by atoms with E-state index < -0.39 is 64.3 Å². The summed E-state index contributed by atoms with van der Waals surface area (Å²) in [5, 5.41) is 0. The number of carbonyl (C=O) groups is 4. The number of epoxide rings is 1. The van der Waals surface area contributed by atoms with E-state index >= 15 is 0 Å².